The van der Waals surface area contributed by atoms with Gasteiger partial charge < -0.3 is 14.6 Å². The van der Waals surface area contributed by atoms with Crippen LogP contribution in [0.1, 0.15) is 174 Å². The van der Waals surface area contributed by atoms with Crippen molar-refractivity contribution < 1.29 is 24.2 Å². The number of aliphatic hydroxyl groups excluding tert-OH is 1. The summed E-state index contributed by atoms with van der Waals surface area (Å²) >= 11 is 0. The predicted molar refractivity (Wildman–Crippen MR) is 219 cm³/mol. The summed E-state index contributed by atoms with van der Waals surface area (Å²) in [5, 5.41) is 9.49. The molecule has 0 aliphatic heterocycles. The largest absolute Gasteiger partial charge is 0.462 e. The molecule has 1 unspecified atom stereocenters. The van der Waals surface area contributed by atoms with Crippen LogP contribution in [-0.4, -0.2) is 36.4 Å². The van der Waals surface area contributed by atoms with Gasteiger partial charge in [0.25, 0.3) is 0 Å². The Morgan fingerprint density at radius 1 is 0.471 bits per heavy atom. The molecule has 0 spiro atoms. The van der Waals surface area contributed by atoms with E-state index >= 15 is 0 Å². The molecule has 5 heteroatoms. The number of esters is 2. The molecule has 0 radical (unpaired) electrons. The Labute approximate surface area is 314 Å². The van der Waals surface area contributed by atoms with E-state index in [1.54, 1.807) is 0 Å². The average Bonchev–Trinajstić information content (AvgIpc) is 3.13. The molecule has 0 bridgehead atoms. The third kappa shape index (κ3) is 39.7. The van der Waals surface area contributed by atoms with Crippen molar-refractivity contribution in [2.75, 3.05) is 13.2 Å². The Bertz CT molecular complexity index is 984. The second-order valence-electron chi connectivity index (χ2n) is 13.3. The molecule has 0 rings (SSSR count). The highest BCUT2D eigenvalue weighted by Gasteiger charge is 2.16. The number of carbonyl (C=O) groups excluding carboxylic acids is 2. The van der Waals surface area contributed by atoms with Crippen LogP contribution in [0, 0.1) is 0 Å². The zero-order valence-corrected chi connectivity index (χ0v) is 32.8. The standard InChI is InChI=1S/C46H76O5/c1-3-5-7-9-11-12-13-14-15-16-17-18-19-20-21-22-23-24-25-26-27-28-29-30-31-32-33-34-35-37-39-41-46(49)51-44(42-47)43-50-45(48)40-38-36-10-8-6-4-2/h5,7,11-12,14-15,17-18,20-21,23-24,26-27,44,47H,3-4,6,8-10,13,16,19,22,25,28-43H2,1-2H3/b7-5-,12-11-,15-14-,18-17-,21-20-,24-23-,27-26-. The first kappa shape index (κ1) is 48.1. The van der Waals surface area contributed by atoms with Gasteiger partial charge in [-0.25, -0.2) is 0 Å². The van der Waals surface area contributed by atoms with E-state index in [4.69, 9.17) is 9.47 Å². The fourth-order valence-electron chi connectivity index (χ4n) is 5.36. The highest BCUT2D eigenvalue weighted by molar-refractivity contribution is 5.70. The molecule has 0 aromatic carbocycles. The number of carbonyl (C=O) groups is 2. The SMILES string of the molecule is CC/C=C\C/C=C\C/C=C\C/C=C\C/C=C\C/C=C\C/C=C\CCCCCCCCCCCC(=O)OC(CO)COC(=O)CCCCCCCC. The van der Waals surface area contributed by atoms with Crippen LogP contribution in [0.5, 0.6) is 0 Å². The van der Waals surface area contributed by atoms with Gasteiger partial charge >= 0.3 is 11.9 Å². The first-order valence-electron chi connectivity index (χ1n) is 20.6. The molecule has 0 amide bonds. The Hall–Kier alpha value is -2.92. The third-order valence-corrected chi connectivity index (χ3v) is 8.45. The van der Waals surface area contributed by atoms with Crippen LogP contribution in [0.25, 0.3) is 0 Å². The molecule has 290 valence electrons. The maximum atomic E-state index is 12.1. The molecule has 1 atom stereocenters. The van der Waals surface area contributed by atoms with E-state index in [-0.39, 0.29) is 25.2 Å². The third-order valence-electron chi connectivity index (χ3n) is 8.45. The zero-order valence-electron chi connectivity index (χ0n) is 32.8. The predicted octanol–water partition coefficient (Wildman–Crippen LogP) is 13.1. The topological polar surface area (TPSA) is 72.8 Å². The second kappa shape index (κ2) is 41.5. The van der Waals surface area contributed by atoms with Crippen molar-refractivity contribution in [2.45, 2.75) is 180 Å². The van der Waals surface area contributed by atoms with Gasteiger partial charge in [-0.05, 0) is 70.6 Å². The minimum absolute atomic E-state index is 0.0719. The van der Waals surface area contributed by atoms with E-state index in [0.717, 1.165) is 89.9 Å². The number of hydrogen-bond donors (Lipinski definition) is 1. The minimum atomic E-state index is -0.774. The lowest BCUT2D eigenvalue weighted by molar-refractivity contribution is -0.161. The van der Waals surface area contributed by atoms with Crippen LogP contribution in [-0.2, 0) is 19.1 Å². The normalized spacial score (nSPS) is 13.1. The Balaban J connectivity index is 3.56. The van der Waals surface area contributed by atoms with E-state index < -0.39 is 6.10 Å². The summed E-state index contributed by atoms with van der Waals surface area (Å²) in [7, 11) is 0. The van der Waals surface area contributed by atoms with Crippen LogP contribution in [0.3, 0.4) is 0 Å². The van der Waals surface area contributed by atoms with Crippen molar-refractivity contribution in [3.63, 3.8) is 0 Å². The second-order valence-corrected chi connectivity index (χ2v) is 13.3. The molecular formula is C46H76O5. The zero-order chi connectivity index (χ0) is 37.1. The molecule has 0 saturated heterocycles. The quantitative estimate of drug-likeness (QED) is 0.0398. The molecule has 0 heterocycles. The summed E-state index contributed by atoms with van der Waals surface area (Å²) in [6, 6.07) is 0. The molecule has 0 aliphatic carbocycles. The number of aliphatic hydroxyl groups is 1. The van der Waals surface area contributed by atoms with Crippen molar-refractivity contribution in [1.29, 1.82) is 0 Å². The van der Waals surface area contributed by atoms with Crippen molar-refractivity contribution in [3.05, 3.63) is 85.1 Å². The fraction of sp³-hybridized carbons (Fsp3) is 0.652. The van der Waals surface area contributed by atoms with Crippen molar-refractivity contribution in [2.24, 2.45) is 0 Å². The van der Waals surface area contributed by atoms with Gasteiger partial charge in [-0.2, -0.15) is 0 Å². The van der Waals surface area contributed by atoms with Crippen molar-refractivity contribution >= 4 is 11.9 Å². The molecule has 0 fully saturated rings. The first-order valence-corrected chi connectivity index (χ1v) is 20.6. The van der Waals surface area contributed by atoms with E-state index in [9.17, 15) is 14.7 Å². The number of ether oxygens (including phenoxy) is 2. The monoisotopic (exact) mass is 709 g/mol. The summed E-state index contributed by atoms with van der Waals surface area (Å²) in [5.41, 5.74) is 0. The summed E-state index contributed by atoms with van der Waals surface area (Å²) in [6.45, 7) is 3.94. The Morgan fingerprint density at radius 2 is 0.843 bits per heavy atom. The van der Waals surface area contributed by atoms with Crippen LogP contribution in [0.2, 0.25) is 0 Å². The fourth-order valence-corrected chi connectivity index (χ4v) is 5.36. The van der Waals surface area contributed by atoms with Gasteiger partial charge in [0.2, 0.25) is 0 Å². The average molecular weight is 709 g/mol. The number of rotatable bonds is 36. The van der Waals surface area contributed by atoms with Crippen LogP contribution >= 0.6 is 0 Å². The van der Waals surface area contributed by atoms with E-state index in [1.165, 1.54) is 57.8 Å². The maximum Gasteiger partial charge on any atom is 0.306 e. The van der Waals surface area contributed by atoms with E-state index in [0.29, 0.717) is 12.8 Å². The summed E-state index contributed by atoms with van der Waals surface area (Å²) in [4.78, 5) is 24.0. The lowest BCUT2D eigenvalue weighted by Crippen LogP contribution is -2.28. The number of unbranched alkanes of at least 4 members (excludes halogenated alkanes) is 14. The molecule has 1 N–H and O–H groups in total. The summed E-state index contributed by atoms with van der Waals surface area (Å²) in [5.74, 6) is -0.614. The molecule has 51 heavy (non-hydrogen) atoms. The van der Waals surface area contributed by atoms with Crippen molar-refractivity contribution in [1.82, 2.24) is 0 Å². The van der Waals surface area contributed by atoms with Gasteiger partial charge in [-0.15, -0.1) is 0 Å². The molecule has 0 saturated carbocycles. The molecule has 0 aliphatic rings. The first-order chi connectivity index (χ1) is 25.1. The Kier molecular flexibility index (Phi) is 39.1. The summed E-state index contributed by atoms with van der Waals surface area (Å²) in [6.07, 6.45) is 56.8. The Morgan fingerprint density at radius 3 is 1.27 bits per heavy atom. The van der Waals surface area contributed by atoms with E-state index in [2.05, 4.69) is 98.9 Å². The molecular weight excluding hydrogens is 633 g/mol. The summed E-state index contributed by atoms with van der Waals surface area (Å²) < 4.78 is 10.5. The van der Waals surface area contributed by atoms with Gasteiger partial charge in [-0.3, -0.25) is 9.59 Å². The minimum Gasteiger partial charge on any atom is -0.462 e. The lowest BCUT2D eigenvalue weighted by Gasteiger charge is -2.15. The van der Waals surface area contributed by atoms with Gasteiger partial charge in [0.15, 0.2) is 6.10 Å². The highest BCUT2D eigenvalue weighted by atomic mass is 16.6. The van der Waals surface area contributed by atoms with Gasteiger partial charge in [0, 0.05) is 12.8 Å². The smallest absolute Gasteiger partial charge is 0.306 e. The molecule has 0 aromatic heterocycles. The highest BCUT2D eigenvalue weighted by Crippen LogP contribution is 2.13. The molecule has 5 nitrogen and oxygen atoms in total. The van der Waals surface area contributed by atoms with Crippen LogP contribution in [0.4, 0.5) is 0 Å². The van der Waals surface area contributed by atoms with Crippen LogP contribution < -0.4 is 0 Å². The maximum absolute atomic E-state index is 12.1. The van der Waals surface area contributed by atoms with Gasteiger partial charge in [0.1, 0.15) is 6.61 Å². The molecule has 0 aromatic rings. The lowest BCUT2D eigenvalue weighted by atomic mass is 10.1. The van der Waals surface area contributed by atoms with Gasteiger partial charge in [-0.1, -0.05) is 176 Å². The van der Waals surface area contributed by atoms with Crippen LogP contribution in [0.15, 0.2) is 85.1 Å². The number of hydrogen-bond acceptors (Lipinski definition) is 5. The van der Waals surface area contributed by atoms with Gasteiger partial charge in [0.05, 0.1) is 6.61 Å². The number of allylic oxidation sites excluding steroid dienone is 14. The van der Waals surface area contributed by atoms with Crippen molar-refractivity contribution in [3.8, 4) is 0 Å². The van der Waals surface area contributed by atoms with E-state index in [1.807, 2.05) is 0 Å².